The topological polar surface area (TPSA) is 88.1 Å². The molecule has 1 fully saturated rings. The van der Waals surface area contributed by atoms with Crippen LogP contribution in [0.3, 0.4) is 0 Å². The first-order valence-electron chi connectivity index (χ1n) is 11.1. The molecule has 1 aromatic carbocycles. The molecule has 168 valence electrons. The smallest absolute Gasteiger partial charge is 0.274 e. The lowest BCUT2D eigenvalue weighted by Gasteiger charge is -2.40. The maximum Gasteiger partial charge on any atom is 0.274 e. The Morgan fingerprint density at radius 2 is 1.82 bits per heavy atom. The summed E-state index contributed by atoms with van der Waals surface area (Å²) in [7, 11) is 0. The average molecular weight is 442 g/mol. The predicted octanol–water partition coefficient (Wildman–Crippen LogP) is 3.31. The molecule has 1 saturated heterocycles. The summed E-state index contributed by atoms with van der Waals surface area (Å²) in [4.78, 5) is 40.2. The minimum Gasteiger partial charge on any atom is -0.352 e. The van der Waals surface area contributed by atoms with Crippen LogP contribution in [0.2, 0.25) is 0 Å². The van der Waals surface area contributed by atoms with E-state index in [4.69, 9.17) is 0 Å². The number of carbonyl (C=O) groups excluding carboxylic acids is 2. The summed E-state index contributed by atoms with van der Waals surface area (Å²) in [6.07, 6.45) is 11.5. The van der Waals surface area contributed by atoms with Gasteiger partial charge in [0.25, 0.3) is 5.91 Å². The summed E-state index contributed by atoms with van der Waals surface area (Å²) in [6, 6.07) is 12.2. The maximum atomic E-state index is 13.3. The van der Waals surface area contributed by atoms with Crippen molar-refractivity contribution in [1.29, 1.82) is 0 Å². The lowest BCUT2D eigenvalue weighted by molar-refractivity contribution is -0.133. The van der Waals surface area contributed by atoms with E-state index in [-0.39, 0.29) is 11.8 Å². The van der Waals surface area contributed by atoms with Gasteiger partial charge in [-0.1, -0.05) is 36.4 Å². The number of pyridine rings is 1. The van der Waals surface area contributed by atoms with E-state index >= 15 is 0 Å². The van der Waals surface area contributed by atoms with Crippen molar-refractivity contribution in [1.82, 2.24) is 25.2 Å². The standard InChI is InChI=1S/C26H27N5O2/c1-2-10-30-25(33)26(8-14-31(15-9-26)24(32)23-19-28-12-13-29-23)17-20-5-3-6-21(16-20)22-7-4-11-27-18-22/h2-7,11-13,16,18-19H,1,8-10,14-15,17H2,(H,30,33). The van der Waals surface area contributed by atoms with Crippen LogP contribution in [0, 0.1) is 5.41 Å². The molecule has 0 saturated carbocycles. The van der Waals surface area contributed by atoms with Crippen molar-refractivity contribution in [2.24, 2.45) is 5.41 Å². The second-order valence-corrected chi connectivity index (χ2v) is 8.28. The van der Waals surface area contributed by atoms with E-state index in [1.165, 1.54) is 12.4 Å². The first-order chi connectivity index (χ1) is 16.1. The van der Waals surface area contributed by atoms with Gasteiger partial charge in [0.1, 0.15) is 5.69 Å². The predicted molar refractivity (Wildman–Crippen MR) is 126 cm³/mol. The van der Waals surface area contributed by atoms with Gasteiger partial charge >= 0.3 is 0 Å². The zero-order chi connectivity index (χ0) is 23.1. The molecule has 0 radical (unpaired) electrons. The Balaban J connectivity index is 1.54. The SMILES string of the molecule is C=CCNC(=O)C1(Cc2cccc(-c3cccnc3)c2)CCN(C(=O)c2cnccn2)CC1. The molecule has 1 aliphatic heterocycles. The monoisotopic (exact) mass is 441 g/mol. The van der Waals surface area contributed by atoms with Gasteiger partial charge in [-0.2, -0.15) is 0 Å². The lowest BCUT2D eigenvalue weighted by Crippen LogP contribution is -2.51. The molecule has 0 aliphatic carbocycles. The molecule has 3 heterocycles. The van der Waals surface area contributed by atoms with Crippen LogP contribution in [0.15, 0.2) is 80.0 Å². The third kappa shape index (κ3) is 5.14. The van der Waals surface area contributed by atoms with Crippen molar-refractivity contribution < 1.29 is 9.59 Å². The van der Waals surface area contributed by atoms with Crippen LogP contribution in [0.5, 0.6) is 0 Å². The molecule has 2 aromatic heterocycles. The molecule has 0 unspecified atom stereocenters. The zero-order valence-corrected chi connectivity index (χ0v) is 18.5. The molecular formula is C26H27N5O2. The van der Waals surface area contributed by atoms with Crippen LogP contribution in [-0.2, 0) is 11.2 Å². The molecule has 0 atom stereocenters. The van der Waals surface area contributed by atoms with Crippen molar-refractivity contribution in [3.63, 3.8) is 0 Å². The number of nitrogens with one attached hydrogen (secondary N) is 1. The van der Waals surface area contributed by atoms with E-state index in [1.807, 2.05) is 30.5 Å². The average Bonchev–Trinajstić information content (AvgIpc) is 2.88. The number of benzene rings is 1. The Hall–Kier alpha value is -3.87. The van der Waals surface area contributed by atoms with Crippen LogP contribution in [0.1, 0.15) is 28.9 Å². The number of hydrogen-bond donors (Lipinski definition) is 1. The van der Waals surface area contributed by atoms with Crippen molar-refractivity contribution in [2.75, 3.05) is 19.6 Å². The highest BCUT2D eigenvalue weighted by atomic mass is 16.2. The van der Waals surface area contributed by atoms with Gasteiger partial charge in [-0.05, 0) is 42.0 Å². The van der Waals surface area contributed by atoms with Gasteiger partial charge in [0.2, 0.25) is 5.91 Å². The Labute approximate surface area is 193 Å². The minimum atomic E-state index is -0.601. The highest BCUT2D eigenvalue weighted by Crippen LogP contribution is 2.37. The molecule has 4 rings (SSSR count). The van der Waals surface area contributed by atoms with Gasteiger partial charge in [-0.3, -0.25) is 19.6 Å². The van der Waals surface area contributed by atoms with Gasteiger partial charge in [0.15, 0.2) is 0 Å². The number of likely N-dealkylation sites (tertiary alicyclic amines) is 1. The Kier molecular flexibility index (Phi) is 6.88. The third-order valence-electron chi connectivity index (χ3n) is 6.14. The second-order valence-electron chi connectivity index (χ2n) is 8.28. The van der Waals surface area contributed by atoms with Gasteiger partial charge in [-0.25, -0.2) is 4.98 Å². The van der Waals surface area contributed by atoms with Crippen molar-refractivity contribution in [3.05, 3.63) is 91.3 Å². The Morgan fingerprint density at radius 1 is 1.03 bits per heavy atom. The molecule has 1 aliphatic rings. The second kappa shape index (κ2) is 10.2. The summed E-state index contributed by atoms with van der Waals surface area (Å²) in [6.45, 7) is 5.10. The first-order valence-corrected chi connectivity index (χ1v) is 11.1. The number of nitrogens with zero attached hydrogens (tertiary/aromatic N) is 4. The van der Waals surface area contributed by atoms with Crippen LogP contribution in [0.4, 0.5) is 0 Å². The van der Waals surface area contributed by atoms with E-state index < -0.39 is 5.41 Å². The summed E-state index contributed by atoms with van der Waals surface area (Å²) in [5.74, 6) is -0.150. The molecule has 7 heteroatoms. The Morgan fingerprint density at radius 3 is 2.52 bits per heavy atom. The van der Waals surface area contributed by atoms with E-state index in [0.29, 0.717) is 44.6 Å². The number of aromatic nitrogens is 3. The van der Waals surface area contributed by atoms with E-state index in [2.05, 4.69) is 39.0 Å². The fraction of sp³-hybridized carbons (Fsp3) is 0.269. The van der Waals surface area contributed by atoms with E-state index in [9.17, 15) is 9.59 Å². The van der Waals surface area contributed by atoms with Crippen molar-refractivity contribution in [2.45, 2.75) is 19.3 Å². The largest absolute Gasteiger partial charge is 0.352 e. The highest BCUT2D eigenvalue weighted by Gasteiger charge is 2.42. The molecule has 1 N–H and O–H groups in total. The number of amides is 2. The summed E-state index contributed by atoms with van der Waals surface area (Å²) < 4.78 is 0. The molecule has 3 aromatic rings. The van der Waals surface area contributed by atoms with Gasteiger partial charge in [-0.15, -0.1) is 6.58 Å². The van der Waals surface area contributed by atoms with Crippen molar-refractivity contribution in [3.8, 4) is 11.1 Å². The van der Waals surface area contributed by atoms with E-state index in [1.54, 1.807) is 23.4 Å². The van der Waals surface area contributed by atoms with Crippen LogP contribution in [0.25, 0.3) is 11.1 Å². The Bertz CT molecular complexity index is 1110. The third-order valence-corrected chi connectivity index (χ3v) is 6.14. The van der Waals surface area contributed by atoms with Gasteiger partial charge in [0, 0.05) is 44.4 Å². The minimum absolute atomic E-state index is 0.000725. The van der Waals surface area contributed by atoms with Crippen LogP contribution >= 0.6 is 0 Å². The van der Waals surface area contributed by atoms with Crippen LogP contribution in [-0.4, -0.2) is 51.3 Å². The molecule has 2 amide bonds. The number of rotatable bonds is 7. The molecule has 0 spiro atoms. The molecule has 33 heavy (non-hydrogen) atoms. The number of carbonyl (C=O) groups is 2. The number of piperidine rings is 1. The van der Waals surface area contributed by atoms with Crippen LogP contribution < -0.4 is 5.32 Å². The first kappa shape index (κ1) is 22.3. The summed E-state index contributed by atoms with van der Waals surface area (Å²) in [5, 5.41) is 2.99. The summed E-state index contributed by atoms with van der Waals surface area (Å²) in [5.41, 5.74) is 2.91. The highest BCUT2D eigenvalue weighted by molar-refractivity contribution is 5.92. The molecule has 0 bridgehead atoms. The van der Waals surface area contributed by atoms with Gasteiger partial charge < -0.3 is 10.2 Å². The molecular weight excluding hydrogens is 414 g/mol. The van der Waals surface area contributed by atoms with E-state index in [0.717, 1.165) is 16.7 Å². The zero-order valence-electron chi connectivity index (χ0n) is 18.5. The fourth-order valence-electron chi connectivity index (χ4n) is 4.33. The van der Waals surface area contributed by atoms with Gasteiger partial charge in [0.05, 0.1) is 11.6 Å². The molecule has 7 nitrogen and oxygen atoms in total. The maximum absolute atomic E-state index is 13.3. The normalized spacial score (nSPS) is 15.0. The quantitative estimate of drug-likeness (QED) is 0.569. The number of hydrogen-bond acceptors (Lipinski definition) is 5. The lowest BCUT2D eigenvalue weighted by atomic mass is 9.72. The summed E-state index contributed by atoms with van der Waals surface area (Å²) >= 11 is 0. The fourth-order valence-corrected chi connectivity index (χ4v) is 4.33. The van der Waals surface area contributed by atoms with Crippen molar-refractivity contribution >= 4 is 11.8 Å².